The molecule has 28 heavy (non-hydrogen) atoms. The van der Waals surface area contributed by atoms with E-state index in [4.69, 9.17) is 4.99 Å². The summed E-state index contributed by atoms with van der Waals surface area (Å²) in [5.41, 5.74) is 3.82. The average Bonchev–Trinajstić information content (AvgIpc) is 2.73. The molecule has 0 spiro atoms. The predicted molar refractivity (Wildman–Crippen MR) is 118 cm³/mol. The van der Waals surface area contributed by atoms with Gasteiger partial charge in [-0.15, -0.1) is 0 Å². The lowest BCUT2D eigenvalue weighted by molar-refractivity contribution is 0.475. The zero-order valence-corrected chi connectivity index (χ0v) is 15.8. The van der Waals surface area contributed by atoms with E-state index in [1.807, 2.05) is 43.3 Å². The lowest BCUT2D eigenvalue weighted by atomic mass is 10.00. The van der Waals surface area contributed by atoms with Crippen LogP contribution in [0.2, 0.25) is 0 Å². The zero-order valence-electron chi connectivity index (χ0n) is 15.8. The molecule has 0 amide bonds. The summed E-state index contributed by atoms with van der Waals surface area (Å²) in [6.07, 6.45) is 0. The van der Waals surface area contributed by atoms with E-state index in [9.17, 15) is 5.11 Å². The Morgan fingerprint density at radius 1 is 0.786 bits per heavy atom. The van der Waals surface area contributed by atoms with Gasteiger partial charge in [-0.3, -0.25) is 4.99 Å². The van der Waals surface area contributed by atoms with Crippen LogP contribution in [-0.4, -0.2) is 10.8 Å². The minimum Gasteiger partial charge on any atom is -0.508 e. The molecular weight excluding hydrogens is 342 g/mol. The van der Waals surface area contributed by atoms with E-state index in [0.29, 0.717) is 0 Å². The SMILES string of the molecule is C=c1cccc/c1=C(/N=C(C)c1ccc(O)cc1)c1cccc2ccccc12. The number of fused-ring (bicyclic) bond motifs is 1. The highest BCUT2D eigenvalue weighted by Crippen LogP contribution is 2.25. The van der Waals surface area contributed by atoms with E-state index < -0.39 is 0 Å². The third kappa shape index (κ3) is 3.45. The van der Waals surface area contributed by atoms with E-state index in [-0.39, 0.29) is 5.75 Å². The molecule has 0 aliphatic rings. The van der Waals surface area contributed by atoms with Gasteiger partial charge in [-0.05, 0) is 52.7 Å². The van der Waals surface area contributed by atoms with Gasteiger partial charge in [-0.25, -0.2) is 0 Å². The summed E-state index contributed by atoms with van der Waals surface area (Å²) in [4.78, 5) is 5.04. The second-order valence-corrected chi connectivity index (χ2v) is 6.78. The largest absolute Gasteiger partial charge is 0.508 e. The van der Waals surface area contributed by atoms with Crippen molar-refractivity contribution in [3.8, 4) is 5.75 Å². The van der Waals surface area contributed by atoms with Gasteiger partial charge in [0.15, 0.2) is 0 Å². The summed E-state index contributed by atoms with van der Waals surface area (Å²) in [5.74, 6) is 0.248. The van der Waals surface area contributed by atoms with Crippen LogP contribution in [0.5, 0.6) is 5.75 Å². The summed E-state index contributed by atoms with van der Waals surface area (Å²) in [5, 5.41) is 13.9. The normalized spacial score (nSPS) is 12.8. The monoisotopic (exact) mass is 363 g/mol. The van der Waals surface area contributed by atoms with E-state index >= 15 is 0 Å². The molecule has 0 saturated heterocycles. The summed E-state index contributed by atoms with van der Waals surface area (Å²) in [7, 11) is 0. The molecule has 0 fully saturated rings. The quantitative estimate of drug-likeness (QED) is 0.529. The van der Waals surface area contributed by atoms with Crippen LogP contribution in [0.4, 0.5) is 0 Å². The molecule has 0 aromatic heterocycles. The van der Waals surface area contributed by atoms with Crippen LogP contribution < -0.4 is 10.4 Å². The molecular formula is C26H21NO. The van der Waals surface area contributed by atoms with Gasteiger partial charge in [0, 0.05) is 16.5 Å². The molecule has 0 radical (unpaired) electrons. The Labute approximate surface area is 164 Å². The highest BCUT2D eigenvalue weighted by atomic mass is 16.3. The Kier molecular flexibility index (Phi) is 4.77. The first-order valence-electron chi connectivity index (χ1n) is 9.24. The lowest BCUT2D eigenvalue weighted by Gasteiger charge is -2.10. The highest BCUT2D eigenvalue weighted by Gasteiger charge is 2.09. The fraction of sp³-hybridized carbons (Fsp3) is 0.0385. The van der Waals surface area contributed by atoms with Crippen LogP contribution in [0, 0.1) is 0 Å². The van der Waals surface area contributed by atoms with Crippen molar-refractivity contribution in [3.63, 3.8) is 0 Å². The molecule has 136 valence electrons. The highest BCUT2D eigenvalue weighted by molar-refractivity contribution is 6.03. The maximum absolute atomic E-state index is 9.58. The minimum atomic E-state index is 0.248. The number of aromatic hydroxyl groups is 1. The van der Waals surface area contributed by atoms with Crippen molar-refractivity contribution < 1.29 is 5.11 Å². The summed E-state index contributed by atoms with van der Waals surface area (Å²) >= 11 is 0. The van der Waals surface area contributed by atoms with Crippen LogP contribution in [-0.2, 0) is 0 Å². The molecule has 0 aliphatic heterocycles. The second-order valence-electron chi connectivity index (χ2n) is 6.78. The number of hydrogen-bond acceptors (Lipinski definition) is 2. The molecule has 0 saturated carbocycles. The molecule has 1 N–H and O–H groups in total. The summed E-state index contributed by atoms with van der Waals surface area (Å²) in [6, 6.07) is 29.8. The maximum Gasteiger partial charge on any atom is 0.115 e. The van der Waals surface area contributed by atoms with Gasteiger partial charge in [0.1, 0.15) is 5.75 Å². The number of rotatable bonds is 3. The van der Waals surface area contributed by atoms with Crippen LogP contribution in [0.1, 0.15) is 18.1 Å². The number of benzene rings is 4. The number of aliphatic imine (C=N–C) groups is 1. The minimum absolute atomic E-state index is 0.248. The van der Waals surface area contributed by atoms with Crippen molar-refractivity contribution in [2.75, 3.05) is 0 Å². The smallest absolute Gasteiger partial charge is 0.115 e. The first kappa shape index (κ1) is 17.7. The van der Waals surface area contributed by atoms with Gasteiger partial charge >= 0.3 is 0 Å². The van der Waals surface area contributed by atoms with Crippen LogP contribution in [0.3, 0.4) is 0 Å². The third-order valence-corrected chi connectivity index (χ3v) is 4.88. The van der Waals surface area contributed by atoms with Crippen molar-refractivity contribution in [1.29, 1.82) is 0 Å². The van der Waals surface area contributed by atoms with E-state index in [1.165, 1.54) is 5.39 Å². The van der Waals surface area contributed by atoms with E-state index in [2.05, 4.69) is 49.0 Å². The Morgan fingerprint density at radius 2 is 1.46 bits per heavy atom. The second kappa shape index (κ2) is 7.53. The summed E-state index contributed by atoms with van der Waals surface area (Å²) < 4.78 is 0. The van der Waals surface area contributed by atoms with E-state index in [0.717, 1.165) is 38.4 Å². The average molecular weight is 363 g/mol. The van der Waals surface area contributed by atoms with Gasteiger partial charge in [0.2, 0.25) is 0 Å². The number of phenolic OH excluding ortho intramolecular Hbond substituents is 1. The number of nitrogens with zero attached hydrogens (tertiary/aromatic N) is 1. The van der Waals surface area contributed by atoms with Crippen LogP contribution >= 0.6 is 0 Å². The molecule has 0 atom stereocenters. The number of phenols is 1. The molecule has 0 aliphatic carbocycles. The van der Waals surface area contributed by atoms with Gasteiger partial charge in [-0.2, -0.15) is 0 Å². The Bertz CT molecular complexity index is 1280. The molecule has 2 heteroatoms. The van der Waals surface area contributed by atoms with Gasteiger partial charge < -0.3 is 5.11 Å². The standard InChI is InChI=1S/C26H21NO/c1-18-8-3-5-11-23(18)26(27-19(2)20-14-16-22(28)17-15-20)25-13-7-10-21-9-4-6-12-24(21)25/h3-17,28H,1H2,2H3/b26-23-,27-19?. The van der Waals surface area contributed by atoms with Gasteiger partial charge in [-0.1, -0.05) is 73.3 Å². The van der Waals surface area contributed by atoms with Crippen molar-refractivity contribution >= 4 is 28.8 Å². The Balaban J connectivity index is 2.03. The molecule has 2 nitrogen and oxygen atoms in total. The molecule has 0 heterocycles. The third-order valence-electron chi connectivity index (χ3n) is 4.88. The summed E-state index contributed by atoms with van der Waals surface area (Å²) in [6.45, 7) is 6.20. The van der Waals surface area contributed by atoms with Crippen molar-refractivity contribution in [3.05, 3.63) is 113 Å². The molecule has 4 aromatic rings. The topological polar surface area (TPSA) is 32.6 Å². The first-order valence-corrected chi connectivity index (χ1v) is 9.24. The fourth-order valence-corrected chi connectivity index (χ4v) is 3.38. The Hall–Kier alpha value is -3.65. The maximum atomic E-state index is 9.58. The van der Waals surface area contributed by atoms with Crippen molar-refractivity contribution in [2.45, 2.75) is 6.92 Å². The molecule has 4 rings (SSSR count). The first-order chi connectivity index (χ1) is 13.6. The molecule has 0 unspecified atom stereocenters. The Morgan fingerprint density at radius 3 is 2.25 bits per heavy atom. The molecule has 4 aromatic carbocycles. The fourth-order valence-electron chi connectivity index (χ4n) is 3.38. The van der Waals surface area contributed by atoms with E-state index in [1.54, 1.807) is 12.1 Å². The van der Waals surface area contributed by atoms with Crippen molar-refractivity contribution in [2.24, 2.45) is 4.99 Å². The molecule has 0 bridgehead atoms. The van der Waals surface area contributed by atoms with Crippen LogP contribution in [0.25, 0.3) is 23.0 Å². The zero-order chi connectivity index (χ0) is 19.5. The van der Waals surface area contributed by atoms with Crippen LogP contribution in [0.15, 0.2) is 96.0 Å². The van der Waals surface area contributed by atoms with Gasteiger partial charge in [0.05, 0.1) is 5.70 Å². The predicted octanol–water partition coefficient (Wildman–Crippen LogP) is 4.62. The van der Waals surface area contributed by atoms with Crippen molar-refractivity contribution in [1.82, 2.24) is 0 Å². The van der Waals surface area contributed by atoms with Gasteiger partial charge in [0.25, 0.3) is 0 Å². The number of hydrogen-bond donors (Lipinski definition) is 1. The lowest BCUT2D eigenvalue weighted by Crippen LogP contribution is -2.25.